The Morgan fingerprint density at radius 2 is 2.11 bits per heavy atom. The molecule has 4 heteroatoms. The van der Waals surface area contributed by atoms with Crippen LogP contribution in [0.1, 0.15) is 44.6 Å². The number of hydrogen-bond donors (Lipinski definition) is 1. The third kappa shape index (κ3) is 4.61. The van der Waals surface area contributed by atoms with Gasteiger partial charge in [0.15, 0.2) is 0 Å². The molecule has 0 aromatic carbocycles. The van der Waals surface area contributed by atoms with Crippen LogP contribution in [0.3, 0.4) is 0 Å². The molecule has 0 saturated heterocycles. The minimum atomic E-state index is 0.0692. The lowest BCUT2D eigenvalue weighted by molar-refractivity contribution is 0.478. The van der Waals surface area contributed by atoms with Crippen LogP contribution in [0.4, 0.5) is 0 Å². The van der Waals surface area contributed by atoms with Gasteiger partial charge in [-0.3, -0.25) is 9.36 Å². The predicted molar refractivity (Wildman–Crippen MR) is 75.0 cm³/mol. The predicted octanol–water partition coefficient (Wildman–Crippen LogP) is 2.03. The molecule has 0 radical (unpaired) electrons. The quantitative estimate of drug-likeness (QED) is 0.754. The van der Waals surface area contributed by atoms with E-state index in [1.54, 1.807) is 10.6 Å². The van der Waals surface area contributed by atoms with Gasteiger partial charge in [0.05, 0.1) is 0 Å². The minimum Gasteiger partial charge on any atom is -0.315 e. The zero-order valence-corrected chi connectivity index (χ0v) is 12.0. The van der Waals surface area contributed by atoms with Gasteiger partial charge in [0.2, 0.25) is 0 Å². The maximum Gasteiger partial charge on any atom is 0.253 e. The second-order valence-electron chi connectivity index (χ2n) is 4.89. The van der Waals surface area contributed by atoms with E-state index in [0.29, 0.717) is 6.04 Å². The van der Waals surface area contributed by atoms with E-state index in [9.17, 15) is 4.79 Å². The average molecular weight is 251 g/mol. The molecule has 102 valence electrons. The van der Waals surface area contributed by atoms with E-state index in [4.69, 9.17) is 0 Å². The fourth-order valence-electron chi connectivity index (χ4n) is 2.21. The molecule has 4 nitrogen and oxygen atoms in total. The van der Waals surface area contributed by atoms with Crippen LogP contribution in [-0.2, 0) is 6.54 Å². The van der Waals surface area contributed by atoms with E-state index in [-0.39, 0.29) is 5.56 Å². The molecule has 1 aromatic heterocycles. The summed E-state index contributed by atoms with van der Waals surface area (Å²) in [6.07, 6.45) is 3.32. The molecular weight excluding hydrogens is 226 g/mol. The second kappa shape index (κ2) is 7.31. The van der Waals surface area contributed by atoms with Crippen molar-refractivity contribution in [2.45, 2.75) is 59.5 Å². The molecule has 1 atom stereocenters. The molecule has 1 heterocycles. The van der Waals surface area contributed by atoms with Crippen molar-refractivity contribution in [3.05, 3.63) is 27.9 Å². The van der Waals surface area contributed by atoms with E-state index in [1.165, 1.54) is 0 Å². The van der Waals surface area contributed by atoms with Crippen LogP contribution in [-0.4, -0.2) is 22.1 Å². The largest absolute Gasteiger partial charge is 0.315 e. The van der Waals surface area contributed by atoms with E-state index in [2.05, 4.69) is 24.1 Å². The second-order valence-corrected chi connectivity index (χ2v) is 4.89. The summed E-state index contributed by atoms with van der Waals surface area (Å²) < 4.78 is 1.77. The fraction of sp³-hybridized carbons (Fsp3) is 0.714. The molecule has 1 rings (SSSR count). The Morgan fingerprint density at radius 1 is 1.39 bits per heavy atom. The van der Waals surface area contributed by atoms with Crippen LogP contribution < -0.4 is 10.9 Å². The van der Waals surface area contributed by atoms with Gasteiger partial charge < -0.3 is 5.32 Å². The molecule has 1 aromatic rings. The Bertz CT molecular complexity index is 426. The van der Waals surface area contributed by atoms with Crippen molar-refractivity contribution in [2.75, 3.05) is 6.54 Å². The Balaban J connectivity index is 2.43. The zero-order chi connectivity index (χ0) is 13.5. The molecule has 0 aliphatic heterocycles. The molecule has 0 fully saturated rings. The summed E-state index contributed by atoms with van der Waals surface area (Å²) in [4.78, 5) is 16.1. The molecule has 0 amide bonds. The highest BCUT2D eigenvalue weighted by Gasteiger charge is 2.03. The molecule has 0 bridgehead atoms. The zero-order valence-electron chi connectivity index (χ0n) is 12.0. The smallest absolute Gasteiger partial charge is 0.253 e. The summed E-state index contributed by atoms with van der Waals surface area (Å²) in [6, 6.07) is 2.16. The molecule has 0 aliphatic carbocycles. The molecule has 18 heavy (non-hydrogen) atoms. The topological polar surface area (TPSA) is 46.9 Å². The van der Waals surface area contributed by atoms with Gasteiger partial charge in [-0.1, -0.05) is 13.3 Å². The SMILES string of the molecule is CCNC(C)CCCCn1c(C)nc(C)cc1=O. The number of unbranched alkanes of at least 4 members (excludes halogenated alkanes) is 1. The van der Waals surface area contributed by atoms with E-state index in [1.807, 2.05) is 13.8 Å². The van der Waals surface area contributed by atoms with E-state index in [0.717, 1.165) is 43.9 Å². The normalized spacial score (nSPS) is 12.7. The third-order valence-electron chi connectivity index (χ3n) is 3.15. The van der Waals surface area contributed by atoms with Crippen LogP contribution in [0.2, 0.25) is 0 Å². The molecule has 0 aliphatic rings. The van der Waals surface area contributed by atoms with E-state index < -0.39 is 0 Å². The number of nitrogens with zero attached hydrogens (tertiary/aromatic N) is 2. The van der Waals surface area contributed by atoms with Crippen molar-refractivity contribution in [1.82, 2.24) is 14.9 Å². The maximum absolute atomic E-state index is 11.8. The Labute approximate surface area is 109 Å². The average Bonchev–Trinajstić information content (AvgIpc) is 2.27. The van der Waals surface area contributed by atoms with Crippen molar-refractivity contribution in [3.63, 3.8) is 0 Å². The number of rotatable bonds is 7. The van der Waals surface area contributed by atoms with Crippen LogP contribution >= 0.6 is 0 Å². The number of aryl methyl sites for hydroxylation is 2. The minimum absolute atomic E-state index is 0.0692. The molecule has 1 unspecified atom stereocenters. The van der Waals surface area contributed by atoms with Crippen molar-refractivity contribution >= 4 is 0 Å². The summed E-state index contributed by atoms with van der Waals surface area (Å²) in [7, 11) is 0. The first-order chi connectivity index (χ1) is 8.54. The lowest BCUT2D eigenvalue weighted by Gasteiger charge is -2.13. The van der Waals surface area contributed by atoms with Gasteiger partial charge >= 0.3 is 0 Å². The monoisotopic (exact) mass is 251 g/mol. The van der Waals surface area contributed by atoms with Crippen molar-refractivity contribution in [2.24, 2.45) is 0 Å². The highest BCUT2D eigenvalue weighted by atomic mass is 16.1. The van der Waals surface area contributed by atoms with Crippen LogP contribution in [0.25, 0.3) is 0 Å². The summed E-state index contributed by atoms with van der Waals surface area (Å²) in [5.74, 6) is 0.819. The first kappa shape index (κ1) is 14.9. The van der Waals surface area contributed by atoms with Gasteiger partial charge in [-0.25, -0.2) is 4.98 Å². The molecule has 0 spiro atoms. The van der Waals surface area contributed by atoms with Gasteiger partial charge in [0.25, 0.3) is 5.56 Å². The highest BCUT2D eigenvalue weighted by molar-refractivity contribution is 5.01. The van der Waals surface area contributed by atoms with Crippen LogP contribution in [0.5, 0.6) is 0 Å². The van der Waals surface area contributed by atoms with Crippen LogP contribution in [0, 0.1) is 13.8 Å². The standard InChI is InChI=1S/C14H25N3O/c1-5-15-11(2)8-6-7-9-17-13(4)16-12(3)10-14(17)18/h10-11,15H,5-9H2,1-4H3. The van der Waals surface area contributed by atoms with Gasteiger partial charge in [-0.05, 0) is 40.2 Å². The van der Waals surface area contributed by atoms with Gasteiger partial charge in [0.1, 0.15) is 5.82 Å². The van der Waals surface area contributed by atoms with Gasteiger partial charge in [-0.2, -0.15) is 0 Å². The van der Waals surface area contributed by atoms with Crippen LogP contribution in [0.15, 0.2) is 10.9 Å². The molecular formula is C14H25N3O. The van der Waals surface area contributed by atoms with E-state index >= 15 is 0 Å². The Hall–Kier alpha value is -1.16. The molecule has 1 N–H and O–H groups in total. The Kier molecular flexibility index (Phi) is 6.05. The van der Waals surface area contributed by atoms with Crippen molar-refractivity contribution < 1.29 is 0 Å². The first-order valence-corrected chi connectivity index (χ1v) is 6.83. The highest BCUT2D eigenvalue weighted by Crippen LogP contribution is 2.03. The maximum atomic E-state index is 11.8. The fourth-order valence-corrected chi connectivity index (χ4v) is 2.21. The number of aromatic nitrogens is 2. The third-order valence-corrected chi connectivity index (χ3v) is 3.15. The number of nitrogens with one attached hydrogen (secondary N) is 1. The summed E-state index contributed by atoms with van der Waals surface area (Å²) in [5.41, 5.74) is 0.870. The molecule has 0 saturated carbocycles. The lowest BCUT2D eigenvalue weighted by Crippen LogP contribution is -2.26. The van der Waals surface area contributed by atoms with Crippen molar-refractivity contribution in [3.8, 4) is 0 Å². The Morgan fingerprint density at radius 3 is 2.72 bits per heavy atom. The van der Waals surface area contributed by atoms with Gasteiger partial charge in [0, 0.05) is 24.3 Å². The lowest BCUT2D eigenvalue weighted by atomic mass is 10.1. The van der Waals surface area contributed by atoms with Gasteiger partial charge in [-0.15, -0.1) is 0 Å². The summed E-state index contributed by atoms with van der Waals surface area (Å²) in [6.45, 7) is 9.87. The summed E-state index contributed by atoms with van der Waals surface area (Å²) in [5, 5.41) is 3.39. The van der Waals surface area contributed by atoms with Crippen molar-refractivity contribution in [1.29, 1.82) is 0 Å². The first-order valence-electron chi connectivity index (χ1n) is 6.83. The number of hydrogen-bond acceptors (Lipinski definition) is 3. The summed E-state index contributed by atoms with van der Waals surface area (Å²) >= 11 is 0.